The van der Waals surface area contributed by atoms with Crippen molar-refractivity contribution in [2.75, 3.05) is 5.75 Å². The van der Waals surface area contributed by atoms with Gasteiger partial charge in [-0.1, -0.05) is 36.9 Å². The lowest BCUT2D eigenvalue weighted by Gasteiger charge is -2.22. The maximum Gasteiger partial charge on any atom is 0.127 e. The molecule has 1 nitrogen and oxygen atoms in total. The number of nitrogens with two attached hydrogens (primary N) is 1. The summed E-state index contributed by atoms with van der Waals surface area (Å²) in [4.78, 5) is 0. The first kappa shape index (κ1) is 15.1. The Morgan fingerprint density at radius 2 is 2.05 bits per heavy atom. The standard InChI is InChI=1S/C15H21ClFNS/c16-12-7-6-11(15(17)9-12)8-13(18)10-19-14-4-2-1-3-5-14/h6-7,9,13-14H,1-5,8,10,18H2. The van der Waals surface area contributed by atoms with Crippen molar-refractivity contribution in [2.24, 2.45) is 5.73 Å². The van der Waals surface area contributed by atoms with Gasteiger partial charge in [0.15, 0.2) is 0 Å². The molecule has 4 heteroatoms. The summed E-state index contributed by atoms with van der Waals surface area (Å²) in [6.45, 7) is 0. The molecule has 2 N–H and O–H groups in total. The zero-order valence-electron chi connectivity index (χ0n) is 11.1. The van der Waals surface area contributed by atoms with Crippen molar-refractivity contribution in [1.29, 1.82) is 0 Å². The molecule has 0 heterocycles. The van der Waals surface area contributed by atoms with E-state index in [0.29, 0.717) is 17.0 Å². The van der Waals surface area contributed by atoms with Crippen molar-refractivity contribution in [3.8, 4) is 0 Å². The van der Waals surface area contributed by atoms with E-state index in [9.17, 15) is 4.39 Å². The Labute approximate surface area is 124 Å². The molecular weight excluding hydrogens is 281 g/mol. The van der Waals surface area contributed by atoms with Gasteiger partial charge >= 0.3 is 0 Å². The van der Waals surface area contributed by atoms with Crippen LogP contribution in [0.4, 0.5) is 4.39 Å². The van der Waals surface area contributed by atoms with E-state index in [-0.39, 0.29) is 11.9 Å². The number of halogens is 2. The molecule has 1 aliphatic rings. The number of hydrogen-bond acceptors (Lipinski definition) is 2. The van der Waals surface area contributed by atoms with E-state index in [1.807, 2.05) is 11.8 Å². The van der Waals surface area contributed by atoms with Crippen molar-refractivity contribution < 1.29 is 4.39 Å². The van der Waals surface area contributed by atoms with Gasteiger partial charge < -0.3 is 5.73 Å². The molecule has 0 radical (unpaired) electrons. The normalized spacial score (nSPS) is 18.5. The largest absolute Gasteiger partial charge is 0.327 e. The van der Waals surface area contributed by atoms with Crippen LogP contribution in [0.5, 0.6) is 0 Å². The second-order valence-electron chi connectivity index (χ2n) is 5.29. The summed E-state index contributed by atoms with van der Waals surface area (Å²) >= 11 is 7.70. The van der Waals surface area contributed by atoms with E-state index in [1.54, 1.807) is 12.1 Å². The predicted molar refractivity (Wildman–Crippen MR) is 82.4 cm³/mol. The average molecular weight is 302 g/mol. The molecule has 106 valence electrons. The topological polar surface area (TPSA) is 26.0 Å². The molecule has 2 rings (SSSR count). The second-order valence-corrected chi connectivity index (χ2v) is 7.06. The molecule has 1 fully saturated rings. The lowest BCUT2D eigenvalue weighted by molar-refractivity contribution is 0.515. The Kier molecular flexibility index (Phi) is 5.99. The Hall–Kier alpha value is -0.250. The van der Waals surface area contributed by atoms with E-state index in [2.05, 4.69) is 0 Å². The molecule has 1 aromatic carbocycles. The van der Waals surface area contributed by atoms with Crippen LogP contribution in [-0.2, 0) is 6.42 Å². The number of benzene rings is 1. The number of rotatable bonds is 5. The highest BCUT2D eigenvalue weighted by Gasteiger charge is 2.16. The molecule has 0 aliphatic heterocycles. The van der Waals surface area contributed by atoms with Crippen LogP contribution in [0.15, 0.2) is 18.2 Å². The highest BCUT2D eigenvalue weighted by atomic mass is 35.5. The van der Waals surface area contributed by atoms with Gasteiger partial charge in [-0.2, -0.15) is 11.8 Å². The van der Waals surface area contributed by atoms with Gasteiger partial charge in [0, 0.05) is 22.1 Å². The van der Waals surface area contributed by atoms with Gasteiger partial charge in [-0.3, -0.25) is 0 Å². The fourth-order valence-electron chi connectivity index (χ4n) is 2.52. The minimum Gasteiger partial charge on any atom is -0.327 e. The molecule has 1 aliphatic carbocycles. The Balaban J connectivity index is 1.78. The highest BCUT2D eigenvalue weighted by Crippen LogP contribution is 2.28. The van der Waals surface area contributed by atoms with Gasteiger partial charge in [-0.05, 0) is 37.0 Å². The van der Waals surface area contributed by atoms with Gasteiger partial charge in [-0.25, -0.2) is 4.39 Å². The van der Waals surface area contributed by atoms with Gasteiger partial charge in [0.25, 0.3) is 0 Å². The van der Waals surface area contributed by atoms with E-state index >= 15 is 0 Å². The molecule has 1 atom stereocenters. The maximum atomic E-state index is 13.7. The van der Waals surface area contributed by atoms with Crippen LogP contribution in [0.1, 0.15) is 37.7 Å². The minimum absolute atomic E-state index is 0.0163. The predicted octanol–water partition coefficient (Wildman–Crippen LogP) is 4.41. The van der Waals surface area contributed by atoms with E-state index in [1.165, 1.54) is 38.2 Å². The van der Waals surface area contributed by atoms with Crippen LogP contribution in [0.25, 0.3) is 0 Å². The Bertz CT molecular complexity index is 407. The molecule has 0 aromatic heterocycles. The van der Waals surface area contributed by atoms with Crippen molar-refractivity contribution in [2.45, 2.75) is 49.8 Å². The van der Waals surface area contributed by atoms with Gasteiger partial charge in [-0.15, -0.1) is 0 Å². The summed E-state index contributed by atoms with van der Waals surface area (Å²) in [6, 6.07) is 4.84. The first-order valence-corrected chi connectivity index (χ1v) is 8.39. The molecule has 19 heavy (non-hydrogen) atoms. The SMILES string of the molecule is NC(CSC1CCCCC1)Cc1ccc(Cl)cc1F. The van der Waals surface area contributed by atoms with Crippen molar-refractivity contribution >= 4 is 23.4 Å². The van der Waals surface area contributed by atoms with E-state index in [4.69, 9.17) is 17.3 Å². The van der Waals surface area contributed by atoms with Gasteiger partial charge in [0.05, 0.1) is 0 Å². The Morgan fingerprint density at radius 1 is 1.32 bits per heavy atom. The van der Waals surface area contributed by atoms with Crippen LogP contribution in [0, 0.1) is 5.82 Å². The number of thioether (sulfide) groups is 1. The minimum atomic E-state index is -0.245. The summed E-state index contributed by atoms with van der Waals surface area (Å²) < 4.78 is 13.7. The van der Waals surface area contributed by atoms with E-state index in [0.717, 1.165) is 11.0 Å². The van der Waals surface area contributed by atoms with E-state index < -0.39 is 0 Å². The van der Waals surface area contributed by atoms with Crippen LogP contribution in [0.3, 0.4) is 0 Å². The van der Waals surface area contributed by atoms with Crippen LogP contribution >= 0.6 is 23.4 Å². The average Bonchev–Trinajstić information content (AvgIpc) is 2.41. The fraction of sp³-hybridized carbons (Fsp3) is 0.600. The molecular formula is C15H21ClFNS. The summed E-state index contributed by atoms with van der Waals surface area (Å²) in [5.41, 5.74) is 6.78. The third-order valence-electron chi connectivity index (χ3n) is 3.60. The van der Waals surface area contributed by atoms with Crippen molar-refractivity contribution in [1.82, 2.24) is 0 Å². The molecule has 0 bridgehead atoms. The summed E-state index contributed by atoms with van der Waals surface area (Å²) in [7, 11) is 0. The monoisotopic (exact) mass is 301 g/mol. The summed E-state index contributed by atoms with van der Waals surface area (Å²) in [5, 5.41) is 1.20. The maximum absolute atomic E-state index is 13.7. The molecule has 1 aromatic rings. The summed E-state index contributed by atoms with van der Waals surface area (Å²) in [5.74, 6) is 0.665. The van der Waals surface area contributed by atoms with Crippen molar-refractivity contribution in [3.63, 3.8) is 0 Å². The molecule has 0 saturated heterocycles. The quantitative estimate of drug-likeness (QED) is 0.871. The van der Waals surface area contributed by atoms with Crippen LogP contribution in [-0.4, -0.2) is 17.0 Å². The zero-order valence-corrected chi connectivity index (χ0v) is 12.7. The molecule has 0 spiro atoms. The third-order valence-corrected chi connectivity index (χ3v) is 5.39. The second kappa shape index (κ2) is 7.51. The third kappa shape index (κ3) is 4.97. The highest BCUT2D eigenvalue weighted by molar-refractivity contribution is 7.99. The van der Waals surface area contributed by atoms with Crippen LogP contribution < -0.4 is 5.73 Å². The molecule has 1 unspecified atom stereocenters. The molecule has 0 amide bonds. The lowest BCUT2D eigenvalue weighted by atomic mass is 10.0. The van der Waals surface area contributed by atoms with Gasteiger partial charge in [0.2, 0.25) is 0 Å². The fourth-order valence-corrected chi connectivity index (χ4v) is 3.98. The summed E-state index contributed by atoms with van der Waals surface area (Å²) in [6.07, 6.45) is 7.28. The molecule has 1 saturated carbocycles. The smallest absolute Gasteiger partial charge is 0.127 e. The first-order chi connectivity index (χ1) is 9.15. The van der Waals surface area contributed by atoms with Gasteiger partial charge in [0.1, 0.15) is 5.82 Å². The van der Waals surface area contributed by atoms with Crippen LogP contribution in [0.2, 0.25) is 5.02 Å². The first-order valence-electron chi connectivity index (χ1n) is 6.96. The number of hydrogen-bond donors (Lipinski definition) is 1. The Morgan fingerprint density at radius 3 is 2.74 bits per heavy atom. The lowest BCUT2D eigenvalue weighted by Crippen LogP contribution is -2.27. The zero-order chi connectivity index (χ0) is 13.7. The van der Waals surface area contributed by atoms with Crippen molar-refractivity contribution in [3.05, 3.63) is 34.6 Å².